The van der Waals surface area contributed by atoms with Crippen molar-refractivity contribution in [2.24, 2.45) is 0 Å². The maximum Gasteiger partial charge on any atom is 0.329 e. The van der Waals surface area contributed by atoms with E-state index in [2.05, 4.69) is 13.8 Å². The number of carboxylic acid groups (broad SMARTS) is 1. The zero-order chi connectivity index (χ0) is 27.5. The topological polar surface area (TPSA) is 84.4 Å². The number of urea groups is 2. The summed E-state index contributed by atoms with van der Waals surface area (Å²) < 4.78 is 0. The summed E-state index contributed by atoms with van der Waals surface area (Å²) >= 11 is 6.23. The molecule has 0 aromatic heterocycles. The highest BCUT2D eigenvalue weighted by Crippen LogP contribution is 2.30. The maximum atomic E-state index is 13.9. The number of rotatable bonds is 11. The lowest BCUT2D eigenvalue weighted by Crippen LogP contribution is -2.62. The average molecular weight is 543 g/mol. The Labute approximate surface area is 230 Å². The van der Waals surface area contributed by atoms with Gasteiger partial charge in [0.25, 0.3) is 0 Å². The molecular formula is C29H39ClN4O4. The smallest absolute Gasteiger partial charge is 0.329 e. The molecule has 1 N–H and O–H groups in total. The monoisotopic (exact) mass is 542 g/mol. The minimum absolute atomic E-state index is 0.0594. The zero-order valence-corrected chi connectivity index (χ0v) is 23.1. The maximum absolute atomic E-state index is 13.9. The van der Waals surface area contributed by atoms with Crippen LogP contribution in [0, 0.1) is 0 Å². The van der Waals surface area contributed by atoms with E-state index in [1.54, 1.807) is 41.3 Å². The molecule has 0 radical (unpaired) electrons. The molecule has 9 heteroatoms. The highest BCUT2D eigenvalue weighted by atomic mass is 35.5. The number of anilines is 2. The number of unbranched alkanes of at least 4 members (excludes halogenated alkanes) is 4. The van der Waals surface area contributed by atoms with Gasteiger partial charge in [0.1, 0.15) is 6.04 Å². The van der Waals surface area contributed by atoms with Gasteiger partial charge in [-0.15, -0.1) is 0 Å². The van der Waals surface area contributed by atoms with Gasteiger partial charge in [-0.25, -0.2) is 14.4 Å². The number of hydrogen-bond acceptors (Lipinski definition) is 3. The molecule has 1 heterocycles. The summed E-state index contributed by atoms with van der Waals surface area (Å²) in [6.45, 7) is 5.88. The average Bonchev–Trinajstić information content (AvgIpc) is 2.92. The van der Waals surface area contributed by atoms with Gasteiger partial charge in [-0.2, -0.15) is 0 Å². The van der Waals surface area contributed by atoms with Gasteiger partial charge in [0.05, 0.1) is 17.9 Å². The first-order valence-corrected chi connectivity index (χ1v) is 13.9. The molecule has 1 aliphatic heterocycles. The van der Waals surface area contributed by atoms with Crippen LogP contribution in [0.3, 0.4) is 0 Å². The molecule has 206 valence electrons. The lowest BCUT2D eigenvalue weighted by molar-refractivity contribution is -0.143. The summed E-state index contributed by atoms with van der Waals surface area (Å²) in [4.78, 5) is 46.0. The molecule has 0 saturated carbocycles. The van der Waals surface area contributed by atoms with Gasteiger partial charge in [-0.3, -0.25) is 4.90 Å². The standard InChI is InChI=1S/C29H39ClN4O4/c1-3-5-10-17-31(18-11-6-4-2)28(37)32-19-20-33(26(22-32)27(35)36)29(38)34(24-14-8-7-9-15-24)25-16-12-13-23(30)21-25/h7-9,12-16,21,26H,3-6,10-11,17-20,22H2,1-2H3,(H,35,36). The fourth-order valence-corrected chi connectivity index (χ4v) is 4.88. The first-order chi connectivity index (χ1) is 18.4. The predicted octanol–water partition coefficient (Wildman–Crippen LogP) is 6.47. The predicted molar refractivity (Wildman–Crippen MR) is 151 cm³/mol. The Balaban J connectivity index is 1.82. The van der Waals surface area contributed by atoms with E-state index in [0.29, 0.717) is 29.5 Å². The number of hydrogen-bond donors (Lipinski definition) is 1. The minimum atomic E-state index is -1.17. The van der Waals surface area contributed by atoms with E-state index in [-0.39, 0.29) is 25.7 Å². The van der Waals surface area contributed by atoms with Crippen molar-refractivity contribution in [3.05, 3.63) is 59.6 Å². The Morgan fingerprint density at radius 3 is 2.08 bits per heavy atom. The number of benzene rings is 2. The number of carboxylic acids is 1. The Bertz CT molecular complexity index is 1060. The van der Waals surface area contributed by atoms with Crippen molar-refractivity contribution >= 4 is 41.0 Å². The molecule has 0 spiro atoms. The number of carbonyl (C=O) groups is 3. The SMILES string of the molecule is CCCCCN(CCCCC)C(=O)N1CCN(C(=O)N(c2ccccc2)c2cccc(Cl)c2)C(C(=O)O)C1. The van der Waals surface area contributed by atoms with Crippen molar-refractivity contribution in [1.29, 1.82) is 0 Å². The van der Waals surface area contributed by atoms with Crippen LogP contribution in [0.4, 0.5) is 21.0 Å². The number of nitrogens with zero attached hydrogens (tertiary/aromatic N) is 4. The molecule has 0 bridgehead atoms. The Morgan fingerprint density at radius 1 is 0.868 bits per heavy atom. The van der Waals surface area contributed by atoms with E-state index >= 15 is 0 Å². The van der Waals surface area contributed by atoms with Gasteiger partial charge >= 0.3 is 18.0 Å². The van der Waals surface area contributed by atoms with Crippen LogP contribution in [0.15, 0.2) is 54.6 Å². The molecule has 1 saturated heterocycles. The molecule has 4 amide bonds. The van der Waals surface area contributed by atoms with Crippen molar-refractivity contribution < 1.29 is 19.5 Å². The Kier molecular flexibility index (Phi) is 11.3. The molecule has 38 heavy (non-hydrogen) atoms. The van der Waals surface area contributed by atoms with Crippen LogP contribution < -0.4 is 4.90 Å². The van der Waals surface area contributed by atoms with Crippen LogP contribution in [-0.2, 0) is 4.79 Å². The Morgan fingerprint density at radius 2 is 1.50 bits per heavy atom. The Hall–Kier alpha value is -3.26. The molecule has 1 aliphatic rings. The summed E-state index contributed by atoms with van der Waals surface area (Å²) in [7, 11) is 0. The molecule has 1 fully saturated rings. The number of halogens is 1. The van der Waals surface area contributed by atoms with Gasteiger partial charge in [-0.05, 0) is 43.2 Å². The van der Waals surface area contributed by atoms with Gasteiger partial charge in [0.15, 0.2) is 0 Å². The van der Waals surface area contributed by atoms with Gasteiger partial charge < -0.3 is 19.8 Å². The van der Waals surface area contributed by atoms with Crippen molar-refractivity contribution in [3.8, 4) is 0 Å². The van der Waals surface area contributed by atoms with Crippen LogP contribution in [0.1, 0.15) is 52.4 Å². The third-order valence-corrected chi connectivity index (χ3v) is 7.02. The zero-order valence-electron chi connectivity index (χ0n) is 22.4. The van der Waals surface area contributed by atoms with Crippen molar-refractivity contribution in [1.82, 2.24) is 14.7 Å². The first kappa shape index (κ1) is 29.3. The van der Waals surface area contributed by atoms with Crippen LogP contribution in [-0.4, -0.2) is 76.6 Å². The third-order valence-electron chi connectivity index (χ3n) is 6.79. The second-order valence-electron chi connectivity index (χ2n) is 9.61. The lowest BCUT2D eigenvalue weighted by atomic mass is 10.1. The number of carbonyl (C=O) groups excluding carboxylic acids is 2. The van der Waals surface area contributed by atoms with E-state index in [4.69, 9.17) is 11.6 Å². The van der Waals surface area contributed by atoms with Gasteiger partial charge in [0, 0.05) is 31.2 Å². The highest BCUT2D eigenvalue weighted by Gasteiger charge is 2.40. The van der Waals surface area contributed by atoms with Crippen LogP contribution in [0.25, 0.3) is 0 Å². The largest absolute Gasteiger partial charge is 0.480 e. The number of para-hydroxylation sites is 1. The van der Waals surface area contributed by atoms with Crippen molar-refractivity contribution in [2.75, 3.05) is 37.6 Å². The van der Waals surface area contributed by atoms with Crippen LogP contribution >= 0.6 is 11.6 Å². The van der Waals surface area contributed by atoms with E-state index in [0.717, 1.165) is 38.5 Å². The second kappa shape index (κ2) is 14.6. The normalized spacial score (nSPS) is 15.3. The quantitative estimate of drug-likeness (QED) is 0.330. The summed E-state index contributed by atoms with van der Waals surface area (Å²) in [5, 5.41) is 10.6. The van der Waals surface area contributed by atoms with E-state index in [1.165, 1.54) is 9.80 Å². The van der Waals surface area contributed by atoms with Crippen LogP contribution in [0.5, 0.6) is 0 Å². The lowest BCUT2D eigenvalue weighted by Gasteiger charge is -2.42. The molecular weight excluding hydrogens is 504 g/mol. The van der Waals surface area contributed by atoms with Crippen molar-refractivity contribution in [3.63, 3.8) is 0 Å². The van der Waals surface area contributed by atoms with E-state index < -0.39 is 18.0 Å². The van der Waals surface area contributed by atoms with Gasteiger partial charge in [0.2, 0.25) is 0 Å². The van der Waals surface area contributed by atoms with Crippen LogP contribution in [0.2, 0.25) is 5.02 Å². The van der Waals surface area contributed by atoms with Gasteiger partial charge in [-0.1, -0.05) is 75.4 Å². The molecule has 1 atom stereocenters. The molecule has 2 aromatic carbocycles. The number of piperazine rings is 1. The molecule has 2 aromatic rings. The third kappa shape index (κ3) is 7.63. The summed E-state index contributed by atoms with van der Waals surface area (Å²) in [6.07, 6.45) is 6.03. The first-order valence-electron chi connectivity index (χ1n) is 13.5. The highest BCUT2D eigenvalue weighted by molar-refractivity contribution is 6.31. The molecule has 8 nitrogen and oxygen atoms in total. The fourth-order valence-electron chi connectivity index (χ4n) is 4.70. The minimum Gasteiger partial charge on any atom is -0.480 e. The molecule has 1 unspecified atom stereocenters. The summed E-state index contributed by atoms with van der Waals surface area (Å²) in [5.74, 6) is -1.14. The fraction of sp³-hybridized carbons (Fsp3) is 0.483. The summed E-state index contributed by atoms with van der Waals surface area (Å²) in [6, 6.07) is 14.2. The summed E-state index contributed by atoms with van der Waals surface area (Å²) in [5.41, 5.74) is 1.13. The van der Waals surface area contributed by atoms with E-state index in [9.17, 15) is 19.5 Å². The molecule has 3 rings (SSSR count). The molecule has 0 aliphatic carbocycles. The number of aliphatic carboxylic acids is 1. The van der Waals surface area contributed by atoms with Crippen molar-refractivity contribution in [2.45, 2.75) is 58.4 Å². The second-order valence-corrected chi connectivity index (χ2v) is 10.0. The van der Waals surface area contributed by atoms with E-state index in [1.807, 2.05) is 23.1 Å². The number of amides is 4.